The Morgan fingerprint density at radius 2 is 2.00 bits per heavy atom. The van der Waals surface area contributed by atoms with Crippen molar-refractivity contribution in [2.24, 2.45) is 0 Å². The zero-order valence-electron chi connectivity index (χ0n) is 10.3. The molecule has 88 valence electrons. The summed E-state index contributed by atoms with van der Waals surface area (Å²) in [4.78, 5) is 11.0. The van der Waals surface area contributed by atoms with Gasteiger partial charge in [-0.1, -0.05) is 12.2 Å². The molecule has 0 unspecified atom stereocenters. The van der Waals surface area contributed by atoms with E-state index in [-0.39, 0.29) is 12.4 Å². The monoisotopic (exact) mass is 229 g/mol. The Balaban J connectivity index is 2.93. The average Bonchev–Trinajstić information content (AvgIpc) is 2.31. The van der Waals surface area contributed by atoms with Crippen molar-refractivity contribution in [2.45, 2.75) is 20.3 Å². The lowest BCUT2D eigenvalue weighted by molar-refractivity contribution is -0.139. The number of methoxy groups -OCH3 is 1. The first-order valence-corrected chi connectivity index (χ1v) is 5.33. The van der Waals surface area contributed by atoms with E-state index in [1.54, 1.807) is 6.08 Å². The predicted molar refractivity (Wildman–Crippen MR) is 66.3 cm³/mol. The second kappa shape index (κ2) is 5.86. The number of aryl methyl sites for hydroxylation is 2. The fourth-order valence-corrected chi connectivity index (χ4v) is 1.66. The summed E-state index contributed by atoms with van der Waals surface area (Å²) in [6, 6.07) is 5.80. The van der Waals surface area contributed by atoms with E-state index < -0.39 is 0 Å². The molecule has 3 heteroatoms. The summed E-state index contributed by atoms with van der Waals surface area (Å²) < 4.78 is 4.55. The highest BCUT2D eigenvalue weighted by Gasteiger charge is 2.02. The van der Waals surface area contributed by atoms with E-state index in [2.05, 4.69) is 10.8 Å². The molecule has 3 nitrogen and oxygen atoms in total. The van der Waals surface area contributed by atoms with E-state index >= 15 is 0 Å². The lowest BCUT2D eigenvalue weighted by Gasteiger charge is -2.05. The van der Waals surface area contributed by atoms with Gasteiger partial charge in [0.1, 0.15) is 0 Å². The van der Waals surface area contributed by atoms with Gasteiger partial charge < -0.3 is 4.74 Å². The molecule has 1 aromatic rings. The molecule has 0 spiro atoms. The van der Waals surface area contributed by atoms with Crippen LogP contribution in [0.4, 0.5) is 0 Å². The van der Waals surface area contributed by atoms with E-state index in [0.29, 0.717) is 5.56 Å². The standard InChI is InChI=1S/C14H15NO2/c1-10-7-12(9-15)8-11(2)13(10)5-4-6-14(16)17-3/h4-5,7-8H,6H2,1-3H3. The molecule has 0 fully saturated rings. The molecule has 0 aromatic heterocycles. The maximum absolute atomic E-state index is 11.0. The van der Waals surface area contributed by atoms with Crippen LogP contribution in [-0.2, 0) is 9.53 Å². The second-order valence-corrected chi connectivity index (χ2v) is 3.82. The highest BCUT2D eigenvalue weighted by Crippen LogP contribution is 2.18. The van der Waals surface area contributed by atoms with Crippen LogP contribution in [0.25, 0.3) is 6.08 Å². The molecule has 0 aliphatic rings. The number of rotatable bonds is 3. The molecule has 0 atom stereocenters. The van der Waals surface area contributed by atoms with Gasteiger partial charge in [0, 0.05) is 0 Å². The zero-order chi connectivity index (χ0) is 12.8. The number of benzene rings is 1. The first kappa shape index (κ1) is 13.0. The van der Waals surface area contributed by atoms with Crippen LogP contribution in [0, 0.1) is 25.2 Å². The van der Waals surface area contributed by atoms with Gasteiger partial charge in [0.2, 0.25) is 0 Å². The molecule has 0 aliphatic carbocycles. The van der Waals surface area contributed by atoms with Crippen LogP contribution in [0.3, 0.4) is 0 Å². The molecule has 1 aromatic carbocycles. The third-order valence-electron chi connectivity index (χ3n) is 2.52. The van der Waals surface area contributed by atoms with Crippen molar-refractivity contribution in [2.75, 3.05) is 7.11 Å². The van der Waals surface area contributed by atoms with E-state index in [1.165, 1.54) is 7.11 Å². The molecular formula is C14H15NO2. The van der Waals surface area contributed by atoms with E-state index in [4.69, 9.17) is 5.26 Å². The summed E-state index contributed by atoms with van der Waals surface area (Å²) in [6.45, 7) is 3.90. The molecule has 0 saturated carbocycles. The smallest absolute Gasteiger partial charge is 0.309 e. The Kier molecular flexibility index (Phi) is 4.47. The Bertz CT molecular complexity index is 472. The Morgan fingerprint density at radius 3 is 2.47 bits per heavy atom. The minimum absolute atomic E-state index is 0.259. The predicted octanol–water partition coefficient (Wildman–Crippen LogP) is 2.75. The van der Waals surface area contributed by atoms with Crippen molar-refractivity contribution < 1.29 is 9.53 Å². The van der Waals surface area contributed by atoms with E-state index in [0.717, 1.165) is 16.7 Å². The number of hydrogen-bond acceptors (Lipinski definition) is 3. The van der Waals surface area contributed by atoms with E-state index in [9.17, 15) is 4.79 Å². The number of nitrogens with zero attached hydrogens (tertiary/aromatic N) is 1. The lowest BCUT2D eigenvalue weighted by Crippen LogP contribution is -1.97. The topological polar surface area (TPSA) is 50.1 Å². The number of nitriles is 1. The van der Waals surface area contributed by atoms with Crippen molar-refractivity contribution in [1.29, 1.82) is 5.26 Å². The third-order valence-corrected chi connectivity index (χ3v) is 2.52. The van der Waals surface area contributed by atoms with Crippen molar-refractivity contribution in [3.8, 4) is 6.07 Å². The summed E-state index contributed by atoms with van der Waals surface area (Å²) >= 11 is 0. The van der Waals surface area contributed by atoms with Crippen LogP contribution in [0.2, 0.25) is 0 Å². The van der Waals surface area contributed by atoms with Crippen molar-refractivity contribution >= 4 is 12.0 Å². The number of ether oxygens (including phenoxy) is 1. The molecule has 0 saturated heterocycles. The zero-order valence-corrected chi connectivity index (χ0v) is 10.3. The van der Waals surface area contributed by atoms with Gasteiger partial charge in [0.15, 0.2) is 0 Å². The van der Waals surface area contributed by atoms with Crippen molar-refractivity contribution in [3.05, 3.63) is 40.5 Å². The molecule has 0 bridgehead atoms. The lowest BCUT2D eigenvalue weighted by atomic mass is 9.99. The molecule has 17 heavy (non-hydrogen) atoms. The summed E-state index contributed by atoms with van der Waals surface area (Å²) in [6.07, 6.45) is 3.92. The van der Waals surface area contributed by atoms with Gasteiger partial charge in [-0.05, 0) is 42.7 Å². The highest BCUT2D eigenvalue weighted by molar-refractivity contribution is 5.73. The van der Waals surface area contributed by atoms with E-state index in [1.807, 2.05) is 32.1 Å². The minimum atomic E-state index is -0.259. The Morgan fingerprint density at radius 1 is 1.41 bits per heavy atom. The van der Waals surface area contributed by atoms with Crippen LogP contribution in [0.15, 0.2) is 18.2 Å². The summed E-state index contributed by atoms with van der Waals surface area (Å²) in [5.41, 5.74) is 3.77. The quantitative estimate of drug-likeness (QED) is 0.749. The van der Waals surface area contributed by atoms with Gasteiger partial charge >= 0.3 is 5.97 Å². The number of carbonyl (C=O) groups excluding carboxylic acids is 1. The highest BCUT2D eigenvalue weighted by atomic mass is 16.5. The Hall–Kier alpha value is -2.08. The third kappa shape index (κ3) is 3.46. The largest absolute Gasteiger partial charge is 0.469 e. The Labute approximate surface area is 101 Å². The van der Waals surface area contributed by atoms with Gasteiger partial charge in [0.05, 0.1) is 25.2 Å². The van der Waals surface area contributed by atoms with Crippen LogP contribution >= 0.6 is 0 Å². The van der Waals surface area contributed by atoms with Gasteiger partial charge in [0.25, 0.3) is 0 Å². The molecular weight excluding hydrogens is 214 g/mol. The maximum atomic E-state index is 11.0. The number of hydrogen-bond donors (Lipinski definition) is 0. The summed E-state index contributed by atoms with van der Waals surface area (Å²) in [5.74, 6) is -0.259. The molecule has 0 N–H and O–H groups in total. The maximum Gasteiger partial charge on any atom is 0.309 e. The first-order valence-electron chi connectivity index (χ1n) is 5.33. The van der Waals surface area contributed by atoms with Gasteiger partial charge in [-0.15, -0.1) is 0 Å². The first-order chi connectivity index (χ1) is 8.08. The van der Waals surface area contributed by atoms with Crippen LogP contribution in [-0.4, -0.2) is 13.1 Å². The van der Waals surface area contributed by atoms with Crippen LogP contribution in [0.1, 0.15) is 28.7 Å². The molecule has 0 heterocycles. The average molecular weight is 229 g/mol. The molecule has 1 rings (SSSR count). The second-order valence-electron chi connectivity index (χ2n) is 3.82. The SMILES string of the molecule is COC(=O)CC=Cc1c(C)cc(C#N)cc1C. The normalized spacial score (nSPS) is 10.2. The van der Waals surface area contributed by atoms with Gasteiger partial charge in [-0.2, -0.15) is 5.26 Å². The molecule has 0 aliphatic heterocycles. The van der Waals surface area contributed by atoms with Crippen LogP contribution < -0.4 is 0 Å². The number of carbonyl (C=O) groups is 1. The minimum Gasteiger partial charge on any atom is -0.469 e. The number of esters is 1. The fourth-order valence-electron chi connectivity index (χ4n) is 1.66. The van der Waals surface area contributed by atoms with Crippen molar-refractivity contribution in [1.82, 2.24) is 0 Å². The summed E-state index contributed by atoms with van der Waals surface area (Å²) in [7, 11) is 1.37. The van der Waals surface area contributed by atoms with Crippen LogP contribution in [0.5, 0.6) is 0 Å². The fraction of sp³-hybridized carbons (Fsp3) is 0.286. The van der Waals surface area contributed by atoms with Gasteiger partial charge in [-0.25, -0.2) is 0 Å². The van der Waals surface area contributed by atoms with Gasteiger partial charge in [-0.3, -0.25) is 4.79 Å². The molecule has 0 amide bonds. The van der Waals surface area contributed by atoms with Crippen molar-refractivity contribution in [3.63, 3.8) is 0 Å². The summed E-state index contributed by atoms with van der Waals surface area (Å²) in [5, 5.41) is 8.83. The molecule has 0 radical (unpaired) electrons.